The molecule has 2 N–H and O–H groups in total. The zero-order valence-electron chi connectivity index (χ0n) is 10.6. The lowest BCUT2D eigenvalue weighted by atomic mass is 10.1. The topological polar surface area (TPSA) is 38.5 Å². The molecule has 3 heteroatoms. The van der Waals surface area contributed by atoms with Crippen LogP contribution in [0.3, 0.4) is 0 Å². The molecule has 0 radical (unpaired) electrons. The summed E-state index contributed by atoms with van der Waals surface area (Å²) in [6.07, 6.45) is 2.24. The van der Waals surface area contributed by atoms with Gasteiger partial charge in [0.15, 0.2) is 0 Å². The van der Waals surface area contributed by atoms with Crippen LogP contribution in [0.4, 0.5) is 0 Å². The van der Waals surface area contributed by atoms with Crippen LogP contribution in [-0.4, -0.2) is 37.2 Å². The highest BCUT2D eigenvalue weighted by molar-refractivity contribution is 5.27. The van der Waals surface area contributed by atoms with Gasteiger partial charge in [0.1, 0.15) is 5.75 Å². The van der Waals surface area contributed by atoms with Gasteiger partial charge in [-0.2, -0.15) is 0 Å². The summed E-state index contributed by atoms with van der Waals surface area (Å²) in [7, 11) is 0. The molecule has 1 atom stereocenters. The smallest absolute Gasteiger partial charge is 0.119 e. The standard InChI is InChI=1S/C14H22N2O/c1-2-17-14-5-3-12(4-6-14)7-9-16-10-8-13(15)11-16/h3-6,13H,2,7-11,15H2,1H3/t13-/m0/s1. The number of nitrogens with zero attached hydrogens (tertiary/aromatic N) is 1. The first-order valence-electron chi connectivity index (χ1n) is 6.47. The van der Waals surface area contributed by atoms with E-state index in [1.54, 1.807) is 0 Å². The highest BCUT2D eigenvalue weighted by Gasteiger charge is 2.18. The fraction of sp³-hybridized carbons (Fsp3) is 0.571. The third-order valence-electron chi connectivity index (χ3n) is 3.26. The second-order valence-electron chi connectivity index (χ2n) is 4.68. The average Bonchev–Trinajstić information content (AvgIpc) is 2.75. The van der Waals surface area contributed by atoms with Gasteiger partial charge in [0, 0.05) is 19.1 Å². The van der Waals surface area contributed by atoms with Gasteiger partial charge in [-0.25, -0.2) is 0 Å². The molecule has 0 saturated carbocycles. The molecule has 1 fully saturated rings. The highest BCUT2D eigenvalue weighted by atomic mass is 16.5. The summed E-state index contributed by atoms with van der Waals surface area (Å²) in [5, 5.41) is 0. The van der Waals surface area contributed by atoms with E-state index in [-0.39, 0.29) is 0 Å². The summed E-state index contributed by atoms with van der Waals surface area (Å²) in [6.45, 7) is 6.05. The van der Waals surface area contributed by atoms with Gasteiger partial charge in [-0.05, 0) is 44.0 Å². The van der Waals surface area contributed by atoms with E-state index in [0.29, 0.717) is 6.04 Å². The Labute approximate surface area is 104 Å². The lowest BCUT2D eigenvalue weighted by Crippen LogP contribution is -2.28. The molecular weight excluding hydrogens is 212 g/mol. The van der Waals surface area contributed by atoms with Crippen LogP contribution < -0.4 is 10.5 Å². The van der Waals surface area contributed by atoms with E-state index in [9.17, 15) is 0 Å². The van der Waals surface area contributed by atoms with Crippen LogP contribution in [0.1, 0.15) is 18.9 Å². The molecule has 2 rings (SSSR count). The van der Waals surface area contributed by atoms with Crippen molar-refractivity contribution in [2.24, 2.45) is 5.73 Å². The zero-order chi connectivity index (χ0) is 12.1. The summed E-state index contributed by atoms with van der Waals surface area (Å²) in [5.41, 5.74) is 7.26. The first kappa shape index (κ1) is 12.4. The number of ether oxygens (including phenoxy) is 1. The Morgan fingerprint density at radius 1 is 1.35 bits per heavy atom. The van der Waals surface area contributed by atoms with E-state index >= 15 is 0 Å². The summed E-state index contributed by atoms with van der Waals surface area (Å²) in [4.78, 5) is 2.45. The Kier molecular flexibility index (Phi) is 4.40. The van der Waals surface area contributed by atoms with Gasteiger partial charge < -0.3 is 15.4 Å². The molecular formula is C14H22N2O. The maximum atomic E-state index is 5.89. The van der Waals surface area contributed by atoms with E-state index in [0.717, 1.165) is 44.8 Å². The number of likely N-dealkylation sites (tertiary alicyclic amines) is 1. The molecule has 0 amide bonds. The number of nitrogens with two attached hydrogens (primary N) is 1. The maximum absolute atomic E-state index is 5.89. The molecule has 1 heterocycles. The lowest BCUT2D eigenvalue weighted by molar-refractivity contribution is 0.336. The molecule has 94 valence electrons. The molecule has 1 aromatic rings. The third kappa shape index (κ3) is 3.72. The van der Waals surface area contributed by atoms with Gasteiger partial charge in [0.05, 0.1) is 6.61 Å². The first-order chi connectivity index (χ1) is 8.28. The van der Waals surface area contributed by atoms with Crippen LogP contribution in [0.25, 0.3) is 0 Å². The van der Waals surface area contributed by atoms with Crippen molar-refractivity contribution in [2.75, 3.05) is 26.2 Å². The van der Waals surface area contributed by atoms with Gasteiger partial charge in [-0.3, -0.25) is 0 Å². The molecule has 0 aromatic heterocycles. The van der Waals surface area contributed by atoms with Crippen molar-refractivity contribution < 1.29 is 4.74 Å². The largest absolute Gasteiger partial charge is 0.494 e. The summed E-state index contributed by atoms with van der Waals surface area (Å²) >= 11 is 0. The minimum atomic E-state index is 0.385. The van der Waals surface area contributed by atoms with Crippen LogP contribution in [0, 0.1) is 0 Å². The van der Waals surface area contributed by atoms with Crippen molar-refractivity contribution in [3.8, 4) is 5.75 Å². The van der Waals surface area contributed by atoms with Crippen LogP contribution in [0.2, 0.25) is 0 Å². The summed E-state index contributed by atoms with van der Waals surface area (Å²) in [6, 6.07) is 8.79. The van der Waals surface area contributed by atoms with Gasteiger partial charge in [-0.1, -0.05) is 12.1 Å². The van der Waals surface area contributed by atoms with Crippen LogP contribution in [0.5, 0.6) is 5.75 Å². The molecule has 0 bridgehead atoms. The molecule has 1 aromatic carbocycles. The Balaban J connectivity index is 1.78. The number of hydrogen-bond donors (Lipinski definition) is 1. The predicted molar refractivity (Wildman–Crippen MR) is 70.3 cm³/mol. The monoisotopic (exact) mass is 234 g/mol. The quantitative estimate of drug-likeness (QED) is 0.842. The predicted octanol–water partition coefficient (Wildman–Crippen LogP) is 1.66. The van der Waals surface area contributed by atoms with Gasteiger partial charge >= 0.3 is 0 Å². The number of benzene rings is 1. The van der Waals surface area contributed by atoms with Gasteiger partial charge in [0.25, 0.3) is 0 Å². The minimum absolute atomic E-state index is 0.385. The fourth-order valence-corrected chi connectivity index (χ4v) is 2.27. The Morgan fingerprint density at radius 2 is 2.12 bits per heavy atom. The maximum Gasteiger partial charge on any atom is 0.119 e. The fourth-order valence-electron chi connectivity index (χ4n) is 2.27. The average molecular weight is 234 g/mol. The molecule has 0 spiro atoms. The Bertz CT molecular complexity index is 337. The minimum Gasteiger partial charge on any atom is -0.494 e. The van der Waals surface area contributed by atoms with Crippen molar-refractivity contribution >= 4 is 0 Å². The molecule has 17 heavy (non-hydrogen) atoms. The van der Waals surface area contributed by atoms with E-state index < -0.39 is 0 Å². The van der Waals surface area contributed by atoms with E-state index in [1.807, 2.05) is 6.92 Å². The van der Waals surface area contributed by atoms with E-state index in [1.165, 1.54) is 5.56 Å². The zero-order valence-corrected chi connectivity index (χ0v) is 10.6. The van der Waals surface area contributed by atoms with Crippen molar-refractivity contribution in [3.63, 3.8) is 0 Å². The third-order valence-corrected chi connectivity index (χ3v) is 3.26. The van der Waals surface area contributed by atoms with E-state index in [4.69, 9.17) is 10.5 Å². The van der Waals surface area contributed by atoms with Crippen LogP contribution >= 0.6 is 0 Å². The van der Waals surface area contributed by atoms with Crippen LogP contribution in [-0.2, 0) is 6.42 Å². The van der Waals surface area contributed by atoms with Crippen molar-refractivity contribution in [2.45, 2.75) is 25.8 Å². The van der Waals surface area contributed by atoms with Crippen molar-refractivity contribution in [1.82, 2.24) is 4.90 Å². The van der Waals surface area contributed by atoms with Crippen molar-refractivity contribution in [1.29, 1.82) is 0 Å². The summed E-state index contributed by atoms with van der Waals surface area (Å²) < 4.78 is 5.43. The molecule has 0 aliphatic carbocycles. The van der Waals surface area contributed by atoms with Gasteiger partial charge in [-0.15, -0.1) is 0 Å². The second kappa shape index (κ2) is 6.03. The highest BCUT2D eigenvalue weighted by Crippen LogP contribution is 2.14. The Morgan fingerprint density at radius 3 is 2.71 bits per heavy atom. The SMILES string of the molecule is CCOc1ccc(CCN2CC[C@H](N)C2)cc1. The van der Waals surface area contributed by atoms with E-state index in [2.05, 4.69) is 29.2 Å². The molecule has 0 unspecified atom stereocenters. The second-order valence-corrected chi connectivity index (χ2v) is 4.68. The molecule has 1 aliphatic rings. The normalized spacial score (nSPS) is 20.7. The first-order valence-corrected chi connectivity index (χ1v) is 6.47. The molecule has 1 aliphatic heterocycles. The van der Waals surface area contributed by atoms with Crippen LogP contribution in [0.15, 0.2) is 24.3 Å². The number of rotatable bonds is 5. The number of hydrogen-bond acceptors (Lipinski definition) is 3. The molecule has 3 nitrogen and oxygen atoms in total. The van der Waals surface area contributed by atoms with Crippen molar-refractivity contribution in [3.05, 3.63) is 29.8 Å². The molecule has 1 saturated heterocycles. The van der Waals surface area contributed by atoms with Gasteiger partial charge in [0.2, 0.25) is 0 Å². The lowest BCUT2D eigenvalue weighted by Gasteiger charge is -2.14. The summed E-state index contributed by atoms with van der Waals surface area (Å²) in [5.74, 6) is 0.958. The Hall–Kier alpha value is -1.06.